The van der Waals surface area contributed by atoms with Gasteiger partial charge in [0.15, 0.2) is 0 Å². The average Bonchev–Trinajstić information content (AvgIpc) is 2.76. The predicted octanol–water partition coefficient (Wildman–Crippen LogP) is 10.6. The van der Waals surface area contributed by atoms with Gasteiger partial charge in [-0.3, -0.25) is 0 Å². The number of ketones is 2. The van der Waals surface area contributed by atoms with Crippen LogP contribution in [-0.2, 0) is 9.59 Å². The van der Waals surface area contributed by atoms with Gasteiger partial charge in [0.25, 0.3) is 0 Å². The lowest BCUT2D eigenvalue weighted by Gasteiger charge is -2.01. The number of Topliss-reactive ketones (excluding diaryl/α,β-unsaturated/α-hetero) is 2. The van der Waals surface area contributed by atoms with E-state index in [4.69, 9.17) is 0 Å². The Morgan fingerprint density at radius 1 is 0.344 bits per heavy atom. The zero-order valence-electron chi connectivity index (χ0n) is 22.8. The molecule has 192 valence electrons. The quantitative estimate of drug-likeness (QED) is 0.136. The Kier molecular flexibility index (Phi) is 31.8. The first-order valence-corrected chi connectivity index (χ1v) is 14.5. The summed E-state index contributed by atoms with van der Waals surface area (Å²) in [5, 5.41) is 0. The van der Waals surface area contributed by atoms with Crippen LogP contribution in [0.15, 0.2) is 0 Å². The van der Waals surface area contributed by atoms with Gasteiger partial charge in [0, 0.05) is 12.8 Å². The van der Waals surface area contributed by atoms with Gasteiger partial charge in [-0.2, -0.15) is 0 Å². The second-order valence-electron chi connectivity index (χ2n) is 9.98. The fourth-order valence-electron chi connectivity index (χ4n) is 4.08. The first-order chi connectivity index (χ1) is 15.5. The third-order valence-electron chi connectivity index (χ3n) is 6.26. The lowest BCUT2D eigenvalue weighted by Crippen LogP contribution is -1.89. The van der Waals surface area contributed by atoms with Gasteiger partial charge < -0.3 is 9.59 Å². The Morgan fingerprint density at radius 2 is 0.531 bits per heavy atom. The van der Waals surface area contributed by atoms with Crippen LogP contribution in [0.1, 0.15) is 182 Å². The topological polar surface area (TPSA) is 34.1 Å². The Balaban J connectivity index is 0. The Labute approximate surface area is 203 Å². The number of unbranched alkanes of at least 4 members (excludes halogenated alkanes) is 20. The van der Waals surface area contributed by atoms with Crippen LogP contribution >= 0.6 is 0 Å². The van der Waals surface area contributed by atoms with Gasteiger partial charge in [-0.1, -0.05) is 142 Å². The molecule has 0 radical (unpaired) electrons. The van der Waals surface area contributed by atoms with Crippen molar-refractivity contribution >= 4 is 11.6 Å². The summed E-state index contributed by atoms with van der Waals surface area (Å²) >= 11 is 0. The van der Waals surface area contributed by atoms with E-state index in [9.17, 15) is 9.59 Å². The summed E-state index contributed by atoms with van der Waals surface area (Å²) < 4.78 is 0. The zero-order chi connectivity index (χ0) is 24.1. The normalized spacial score (nSPS) is 10.6. The van der Waals surface area contributed by atoms with Crippen LogP contribution in [-0.4, -0.2) is 11.6 Å². The van der Waals surface area contributed by atoms with Crippen molar-refractivity contribution in [2.75, 3.05) is 0 Å². The Hall–Kier alpha value is -0.660. The van der Waals surface area contributed by atoms with Crippen molar-refractivity contribution in [2.24, 2.45) is 0 Å². The molecule has 0 atom stereocenters. The maximum absolute atomic E-state index is 10.7. The van der Waals surface area contributed by atoms with Crippen molar-refractivity contribution in [3.8, 4) is 0 Å². The number of hydrogen-bond acceptors (Lipinski definition) is 2. The molecule has 0 unspecified atom stereocenters. The van der Waals surface area contributed by atoms with E-state index >= 15 is 0 Å². The molecule has 0 aromatic heterocycles. The number of hydrogen-bond donors (Lipinski definition) is 0. The first kappa shape index (κ1) is 33.5. The van der Waals surface area contributed by atoms with Crippen molar-refractivity contribution in [2.45, 2.75) is 182 Å². The highest BCUT2D eigenvalue weighted by Gasteiger charge is 1.96. The van der Waals surface area contributed by atoms with Crippen molar-refractivity contribution in [3.05, 3.63) is 0 Å². The maximum atomic E-state index is 10.7. The molecule has 32 heavy (non-hydrogen) atoms. The summed E-state index contributed by atoms with van der Waals surface area (Å²) in [5.74, 6) is 0.687. The largest absolute Gasteiger partial charge is 0.300 e. The molecule has 0 N–H and O–H groups in total. The highest BCUT2D eigenvalue weighted by Crippen LogP contribution is 2.13. The fourth-order valence-corrected chi connectivity index (χ4v) is 4.08. The van der Waals surface area contributed by atoms with Crippen LogP contribution in [0.4, 0.5) is 0 Å². The molecular formula is C30H60O2. The first-order valence-electron chi connectivity index (χ1n) is 14.5. The van der Waals surface area contributed by atoms with E-state index in [2.05, 4.69) is 13.8 Å². The number of carbonyl (C=O) groups is 2. The smallest absolute Gasteiger partial charge is 0.129 e. The molecule has 0 aromatic carbocycles. The van der Waals surface area contributed by atoms with E-state index in [-0.39, 0.29) is 0 Å². The van der Waals surface area contributed by atoms with E-state index in [1.165, 1.54) is 128 Å². The summed E-state index contributed by atoms with van der Waals surface area (Å²) in [6.45, 7) is 7.91. The zero-order valence-corrected chi connectivity index (χ0v) is 22.8. The maximum Gasteiger partial charge on any atom is 0.129 e. The number of carbonyl (C=O) groups excluding carboxylic acids is 2. The van der Waals surface area contributed by atoms with Crippen molar-refractivity contribution < 1.29 is 9.59 Å². The van der Waals surface area contributed by atoms with Crippen molar-refractivity contribution in [1.29, 1.82) is 0 Å². The standard InChI is InChI=1S/2C15H30O/c2*1-3-4-5-6-7-8-9-10-11-12-13-14-15(2)16/h2*3-14H2,1-2H3. The van der Waals surface area contributed by atoms with Gasteiger partial charge in [-0.25, -0.2) is 0 Å². The molecule has 0 saturated heterocycles. The van der Waals surface area contributed by atoms with Crippen LogP contribution in [0.2, 0.25) is 0 Å². The minimum absolute atomic E-state index is 0.343. The second-order valence-corrected chi connectivity index (χ2v) is 9.98. The van der Waals surface area contributed by atoms with Gasteiger partial charge in [-0.05, 0) is 26.7 Å². The van der Waals surface area contributed by atoms with Gasteiger partial charge in [0.2, 0.25) is 0 Å². The Morgan fingerprint density at radius 3 is 0.719 bits per heavy atom. The van der Waals surface area contributed by atoms with Gasteiger partial charge in [-0.15, -0.1) is 0 Å². The van der Waals surface area contributed by atoms with Gasteiger partial charge >= 0.3 is 0 Å². The molecule has 0 saturated carbocycles. The molecule has 0 rings (SSSR count). The lowest BCUT2D eigenvalue weighted by molar-refractivity contribution is -0.117. The van der Waals surface area contributed by atoms with E-state index in [0.717, 1.165) is 25.7 Å². The summed E-state index contributed by atoms with van der Waals surface area (Å²) in [5.41, 5.74) is 0. The summed E-state index contributed by atoms with van der Waals surface area (Å²) in [4.78, 5) is 21.4. The summed E-state index contributed by atoms with van der Waals surface area (Å²) in [6.07, 6.45) is 31.3. The third-order valence-corrected chi connectivity index (χ3v) is 6.26. The van der Waals surface area contributed by atoms with Crippen molar-refractivity contribution in [3.63, 3.8) is 0 Å². The highest BCUT2D eigenvalue weighted by atomic mass is 16.1. The molecule has 0 aliphatic carbocycles. The second kappa shape index (κ2) is 30.3. The SMILES string of the molecule is CCCCCCCCCCCCCC(C)=O.CCCCCCCCCCCCCC(C)=O. The van der Waals surface area contributed by atoms with Gasteiger partial charge in [0.05, 0.1) is 0 Å². The van der Waals surface area contributed by atoms with E-state index < -0.39 is 0 Å². The lowest BCUT2D eigenvalue weighted by atomic mass is 10.0. The fraction of sp³-hybridized carbons (Fsp3) is 0.933. The van der Waals surface area contributed by atoms with E-state index in [1.54, 1.807) is 13.8 Å². The molecule has 0 spiro atoms. The molecule has 0 aliphatic rings. The van der Waals surface area contributed by atoms with Crippen LogP contribution in [0.5, 0.6) is 0 Å². The molecule has 0 bridgehead atoms. The van der Waals surface area contributed by atoms with Crippen LogP contribution in [0.3, 0.4) is 0 Å². The molecule has 0 fully saturated rings. The predicted molar refractivity (Wildman–Crippen MR) is 144 cm³/mol. The van der Waals surface area contributed by atoms with E-state index in [0.29, 0.717) is 11.6 Å². The molecule has 2 nitrogen and oxygen atoms in total. The minimum Gasteiger partial charge on any atom is -0.300 e. The molecule has 0 amide bonds. The summed E-state index contributed by atoms with van der Waals surface area (Å²) in [7, 11) is 0. The van der Waals surface area contributed by atoms with E-state index in [1.807, 2.05) is 0 Å². The highest BCUT2D eigenvalue weighted by molar-refractivity contribution is 5.75. The molecule has 0 aliphatic heterocycles. The van der Waals surface area contributed by atoms with Gasteiger partial charge in [0.1, 0.15) is 11.6 Å². The van der Waals surface area contributed by atoms with Crippen LogP contribution < -0.4 is 0 Å². The monoisotopic (exact) mass is 452 g/mol. The summed E-state index contributed by atoms with van der Waals surface area (Å²) in [6, 6.07) is 0. The molecular weight excluding hydrogens is 392 g/mol. The average molecular weight is 453 g/mol. The molecule has 2 heteroatoms. The van der Waals surface area contributed by atoms with Crippen molar-refractivity contribution in [1.82, 2.24) is 0 Å². The van der Waals surface area contributed by atoms with Crippen LogP contribution in [0, 0.1) is 0 Å². The Bertz CT molecular complexity index is 339. The minimum atomic E-state index is 0.343. The third kappa shape index (κ3) is 36.7. The number of rotatable bonds is 24. The van der Waals surface area contributed by atoms with Crippen LogP contribution in [0.25, 0.3) is 0 Å². The molecule has 0 heterocycles. The molecule has 0 aromatic rings.